The largest absolute Gasteiger partial charge is 0.356 e. The van der Waals surface area contributed by atoms with Crippen molar-refractivity contribution in [1.29, 1.82) is 0 Å². The first kappa shape index (κ1) is 33.4. The SMILES string of the molecule is C1=CC2c3ccc(Nc4ccc(-c5ccc(C6(c7ccccc7)c7ccccc7-c7ccccc76)cc5)cc4)cc3C(c3ccccc3)(c3ccccc3)C2C=C1. The van der Waals surface area contributed by atoms with Crippen LogP contribution in [0.2, 0.25) is 0 Å². The van der Waals surface area contributed by atoms with E-state index >= 15 is 0 Å². The van der Waals surface area contributed by atoms with Crippen molar-refractivity contribution in [2.75, 3.05) is 5.32 Å². The first-order chi connectivity index (χ1) is 28.3. The van der Waals surface area contributed by atoms with Gasteiger partial charge in [0.2, 0.25) is 0 Å². The Kier molecular flexibility index (Phi) is 7.82. The average molecular weight is 728 g/mol. The number of anilines is 2. The minimum absolute atomic E-state index is 0.281. The third kappa shape index (κ3) is 5.02. The van der Waals surface area contributed by atoms with Crippen LogP contribution in [0.15, 0.2) is 231 Å². The lowest BCUT2D eigenvalue weighted by Gasteiger charge is -2.39. The molecule has 1 nitrogen and oxygen atoms in total. The molecule has 0 spiro atoms. The fourth-order valence-electron chi connectivity index (χ4n) is 10.6. The summed E-state index contributed by atoms with van der Waals surface area (Å²) in [6.45, 7) is 0. The lowest BCUT2D eigenvalue weighted by Crippen LogP contribution is -2.35. The van der Waals surface area contributed by atoms with Crippen LogP contribution in [0.25, 0.3) is 22.3 Å². The van der Waals surface area contributed by atoms with E-state index in [4.69, 9.17) is 0 Å². The number of hydrogen-bond acceptors (Lipinski definition) is 1. The molecular formula is C56H41N. The van der Waals surface area contributed by atoms with E-state index in [2.05, 4.69) is 236 Å². The molecule has 0 saturated carbocycles. The summed E-state index contributed by atoms with van der Waals surface area (Å²) >= 11 is 0. The zero-order valence-corrected chi connectivity index (χ0v) is 31.6. The van der Waals surface area contributed by atoms with Crippen molar-refractivity contribution in [2.45, 2.75) is 16.7 Å². The molecule has 8 aromatic rings. The van der Waals surface area contributed by atoms with E-state index in [-0.39, 0.29) is 16.7 Å². The smallest absolute Gasteiger partial charge is 0.0713 e. The summed E-state index contributed by atoms with van der Waals surface area (Å²) in [5, 5.41) is 3.79. The van der Waals surface area contributed by atoms with E-state index in [1.54, 1.807) is 0 Å². The van der Waals surface area contributed by atoms with Gasteiger partial charge in [0.1, 0.15) is 0 Å². The molecule has 3 aliphatic carbocycles. The maximum absolute atomic E-state index is 3.79. The Morgan fingerprint density at radius 1 is 0.368 bits per heavy atom. The molecule has 270 valence electrons. The van der Waals surface area contributed by atoms with Crippen molar-refractivity contribution in [3.8, 4) is 22.3 Å². The molecule has 0 saturated heterocycles. The summed E-state index contributed by atoms with van der Waals surface area (Å²) in [4.78, 5) is 0. The van der Waals surface area contributed by atoms with Crippen LogP contribution < -0.4 is 5.32 Å². The first-order valence-electron chi connectivity index (χ1n) is 20.1. The summed E-state index contributed by atoms with van der Waals surface area (Å²) in [7, 11) is 0. The Balaban J connectivity index is 0.936. The van der Waals surface area contributed by atoms with Crippen LogP contribution in [0.1, 0.15) is 50.4 Å². The fraction of sp³-hybridized carbons (Fsp3) is 0.0714. The van der Waals surface area contributed by atoms with Gasteiger partial charge in [0.25, 0.3) is 0 Å². The van der Waals surface area contributed by atoms with Gasteiger partial charge in [-0.15, -0.1) is 0 Å². The number of rotatable bonds is 7. The molecule has 2 atom stereocenters. The van der Waals surface area contributed by atoms with Gasteiger partial charge in [0, 0.05) is 23.2 Å². The molecule has 0 amide bonds. The standard InChI is InChI=1S/C56H41N/c1-4-16-41(17-5-1)55(51-25-13-10-22-47(51)48-23-11-14-26-52(48)55)44-32-28-39(29-33-44)40-30-34-45(35-31-40)57-46-36-37-50-49-24-12-15-27-53(49)56(54(50)38-46,42-18-6-2-7-19-42)43-20-8-3-9-21-43/h1-38,49,53,57H. The van der Waals surface area contributed by atoms with Gasteiger partial charge in [-0.25, -0.2) is 0 Å². The van der Waals surface area contributed by atoms with Gasteiger partial charge in [-0.3, -0.25) is 0 Å². The van der Waals surface area contributed by atoms with Crippen LogP contribution in [0.3, 0.4) is 0 Å². The van der Waals surface area contributed by atoms with Crippen molar-refractivity contribution in [2.24, 2.45) is 5.92 Å². The van der Waals surface area contributed by atoms with Gasteiger partial charge < -0.3 is 5.32 Å². The maximum atomic E-state index is 3.79. The molecule has 11 rings (SSSR count). The normalized spacial score (nSPS) is 17.6. The van der Waals surface area contributed by atoms with Crippen molar-refractivity contribution >= 4 is 11.4 Å². The molecule has 8 aromatic carbocycles. The number of nitrogens with one attached hydrogen (secondary N) is 1. The number of allylic oxidation sites excluding steroid dienone is 4. The number of benzene rings is 8. The van der Waals surface area contributed by atoms with Crippen LogP contribution in [0.4, 0.5) is 11.4 Å². The van der Waals surface area contributed by atoms with E-state index < -0.39 is 0 Å². The van der Waals surface area contributed by atoms with Crippen LogP contribution in [0, 0.1) is 5.92 Å². The van der Waals surface area contributed by atoms with E-state index in [9.17, 15) is 0 Å². The summed E-state index contributed by atoms with van der Waals surface area (Å²) < 4.78 is 0. The van der Waals surface area contributed by atoms with E-state index in [0.29, 0.717) is 5.92 Å². The predicted molar refractivity (Wildman–Crippen MR) is 236 cm³/mol. The van der Waals surface area contributed by atoms with Gasteiger partial charge >= 0.3 is 0 Å². The van der Waals surface area contributed by atoms with Crippen LogP contribution in [0.5, 0.6) is 0 Å². The highest BCUT2D eigenvalue weighted by molar-refractivity contribution is 5.86. The van der Waals surface area contributed by atoms with Gasteiger partial charge in [0.15, 0.2) is 0 Å². The zero-order chi connectivity index (χ0) is 37.8. The molecular weight excluding hydrogens is 687 g/mol. The quantitative estimate of drug-likeness (QED) is 0.172. The topological polar surface area (TPSA) is 12.0 Å². The third-order valence-corrected chi connectivity index (χ3v) is 12.9. The van der Waals surface area contributed by atoms with Crippen molar-refractivity contribution < 1.29 is 0 Å². The molecule has 0 radical (unpaired) electrons. The maximum Gasteiger partial charge on any atom is 0.0713 e. The predicted octanol–water partition coefficient (Wildman–Crippen LogP) is 13.6. The zero-order valence-electron chi connectivity index (χ0n) is 31.6. The summed E-state index contributed by atoms with van der Waals surface area (Å²) in [6.07, 6.45) is 9.26. The Labute approximate surface area is 335 Å². The highest BCUT2D eigenvalue weighted by Crippen LogP contribution is 2.60. The lowest BCUT2D eigenvalue weighted by atomic mass is 9.63. The summed E-state index contributed by atoms with van der Waals surface area (Å²) in [5.74, 6) is 0.592. The Bertz CT molecular complexity index is 2710. The van der Waals surface area contributed by atoms with Crippen LogP contribution >= 0.6 is 0 Å². The van der Waals surface area contributed by atoms with E-state index in [1.165, 1.54) is 66.8 Å². The number of hydrogen-bond donors (Lipinski definition) is 1. The molecule has 57 heavy (non-hydrogen) atoms. The molecule has 3 aliphatic rings. The molecule has 0 aliphatic heterocycles. The molecule has 0 bridgehead atoms. The Hall–Kier alpha value is -6.96. The molecule has 1 N–H and O–H groups in total. The van der Waals surface area contributed by atoms with E-state index in [1.807, 2.05) is 0 Å². The second kappa shape index (κ2) is 13.4. The minimum Gasteiger partial charge on any atom is -0.356 e. The van der Waals surface area contributed by atoms with Crippen molar-refractivity contribution in [1.82, 2.24) is 0 Å². The minimum atomic E-state index is -0.389. The monoisotopic (exact) mass is 727 g/mol. The molecule has 0 aromatic heterocycles. The van der Waals surface area contributed by atoms with E-state index in [0.717, 1.165) is 11.4 Å². The van der Waals surface area contributed by atoms with Gasteiger partial charge in [-0.1, -0.05) is 206 Å². The van der Waals surface area contributed by atoms with Gasteiger partial charge in [-0.2, -0.15) is 0 Å². The summed E-state index contributed by atoms with van der Waals surface area (Å²) in [5.41, 5.74) is 17.1. The average Bonchev–Trinajstić information content (AvgIpc) is 3.76. The Morgan fingerprint density at radius 2 is 0.842 bits per heavy atom. The molecule has 2 unspecified atom stereocenters. The second-order valence-corrected chi connectivity index (χ2v) is 15.7. The van der Waals surface area contributed by atoms with Crippen molar-refractivity contribution in [3.63, 3.8) is 0 Å². The second-order valence-electron chi connectivity index (χ2n) is 15.7. The lowest BCUT2D eigenvalue weighted by molar-refractivity contribution is 0.457. The van der Waals surface area contributed by atoms with Crippen molar-refractivity contribution in [3.05, 3.63) is 275 Å². The molecule has 1 heteroatoms. The highest BCUT2D eigenvalue weighted by atomic mass is 14.9. The highest BCUT2D eigenvalue weighted by Gasteiger charge is 2.53. The van der Waals surface area contributed by atoms with Crippen LogP contribution in [-0.4, -0.2) is 0 Å². The van der Waals surface area contributed by atoms with Gasteiger partial charge in [0.05, 0.1) is 10.8 Å². The number of fused-ring (bicyclic) bond motifs is 6. The summed E-state index contributed by atoms with van der Waals surface area (Å²) in [6, 6.07) is 76.2. The third-order valence-electron chi connectivity index (χ3n) is 12.9. The van der Waals surface area contributed by atoms with Crippen LogP contribution in [-0.2, 0) is 10.8 Å². The molecule has 0 fully saturated rings. The first-order valence-corrected chi connectivity index (χ1v) is 20.1. The fourth-order valence-corrected chi connectivity index (χ4v) is 10.6. The Morgan fingerprint density at radius 3 is 1.44 bits per heavy atom. The molecule has 0 heterocycles. The van der Waals surface area contributed by atoms with Gasteiger partial charge in [-0.05, 0) is 91.0 Å².